The Morgan fingerprint density at radius 2 is 2.04 bits per heavy atom. The fourth-order valence-electron chi connectivity index (χ4n) is 2.35. The number of carbonyl (C=O) groups excluding carboxylic acids is 1. The van der Waals surface area contributed by atoms with Gasteiger partial charge >= 0.3 is 6.09 Å². The van der Waals surface area contributed by atoms with Gasteiger partial charge in [0.1, 0.15) is 17.4 Å². The standard InChI is InChI=1S/C19H20N2O3S/c1-12(2)24-19(22)21-15-9-8-14(10-13(15)3)23-11-18-20-16-6-4-5-7-17(16)25-18/h4-10,12H,11H2,1-3H3,(H,21,22). The lowest BCUT2D eigenvalue weighted by Crippen LogP contribution is -2.18. The predicted octanol–water partition coefficient (Wildman–Crippen LogP) is 5.14. The van der Waals surface area contributed by atoms with Gasteiger partial charge in [-0.1, -0.05) is 12.1 Å². The lowest BCUT2D eigenvalue weighted by Gasteiger charge is -2.12. The fraction of sp³-hybridized carbons (Fsp3) is 0.263. The number of hydrogen-bond acceptors (Lipinski definition) is 5. The molecule has 0 aliphatic carbocycles. The van der Waals surface area contributed by atoms with Crippen molar-refractivity contribution >= 4 is 33.3 Å². The molecule has 0 spiro atoms. The van der Waals surface area contributed by atoms with Crippen LogP contribution in [0.25, 0.3) is 10.2 Å². The van der Waals surface area contributed by atoms with E-state index in [-0.39, 0.29) is 6.10 Å². The molecule has 0 unspecified atom stereocenters. The zero-order valence-electron chi connectivity index (χ0n) is 14.4. The zero-order valence-corrected chi connectivity index (χ0v) is 15.2. The second-order valence-corrected chi connectivity index (χ2v) is 7.03. The number of ether oxygens (including phenoxy) is 2. The van der Waals surface area contributed by atoms with Crippen LogP contribution in [0.1, 0.15) is 24.4 Å². The monoisotopic (exact) mass is 356 g/mol. The molecule has 0 aliphatic rings. The summed E-state index contributed by atoms with van der Waals surface area (Å²) in [5, 5.41) is 3.67. The Labute approximate surface area is 150 Å². The van der Waals surface area contributed by atoms with E-state index in [0.717, 1.165) is 26.5 Å². The summed E-state index contributed by atoms with van der Waals surface area (Å²) in [5.41, 5.74) is 2.60. The van der Waals surface area contributed by atoms with Gasteiger partial charge in [-0.3, -0.25) is 5.32 Å². The Balaban J connectivity index is 1.63. The number of hydrogen-bond donors (Lipinski definition) is 1. The van der Waals surface area contributed by atoms with Gasteiger partial charge in [0.05, 0.1) is 16.3 Å². The van der Waals surface area contributed by atoms with E-state index in [2.05, 4.69) is 16.4 Å². The summed E-state index contributed by atoms with van der Waals surface area (Å²) in [7, 11) is 0. The minimum Gasteiger partial charge on any atom is -0.486 e. The number of anilines is 1. The van der Waals surface area contributed by atoms with Crippen LogP contribution >= 0.6 is 11.3 Å². The van der Waals surface area contributed by atoms with Crippen molar-refractivity contribution in [3.63, 3.8) is 0 Å². The Morgan fingerprint density at radius 1 is 1.24 bits per heavy atom. The van der Waals surface area contributed by atoms with Gasteiger partial charge in [0.25, 0.3) is 0 Å². The Bertz CT molecular complexity index is 856. The average molecular weight is 356 g/mol. The molecule has 0 saturated carbocycles. The highest BCUT2D eigenvalue weighted by Crippen LogP contribution is 2.25. The molecule has 1 N–H and O–H groups in total. The quantitative estimate of drug-likeness (QED) is 0.687. The van der Waals surface area contributed by atoms with Crippen molar-refractivity contribution in [3.05, 3.63) is 53.0 Å². The summed E-state index contributed by atoms with van der Waals surface area (Å²) >= 11 is 1.63. The van der Waals surface area contributed by atoms with E-state index in [0.29, 0.717) is 12.3 Å². The summed E-state index contributed by atoms with van der Waals surface area (Å²) in [6, 6.07) is 13.6. The molecule has 0 saturated heterocycles. The molecule has 1 amide bonds. The third-order valence-corrected chi connectivity index (χ3v) is 4.49. The number of thiazole rings is 1. The molecule has 3 rings (SSSR count). The van der Waals surface area contributed by atoms with E-state index in [1.807, 2.05) is 57.2 Å². The fourth-order valence-corrected chi connectivity index (χ4v) is 3.23. The molecular formula is C19H20N2O3S. The van der Waals surface area contributed by atoms with E-state index in [9.17, 15) is 4.79 Å². The van der Waals surface area contributed by atoms with Gasteiger partial charge in [0.2, 0.25) is 0 Å². The van der Waals surface area contributed by atoms with Crippen LogP contribution in [0.2, 0.25) is 0 Å². The first-order chi connectivity index (χ1) is 12.0. The number of fused-ring (bicyclic) bond motifs is 1. The summed E-state index contributed by atoms with van der Waals surface area (Å²) < 4.78 is 12.1. The van der Waals surface area contributed by atoms with Gasteiger partial charge in [0, 0.05) is 5.69 Å². The summed E-state index contributed by atoms with van der Waals surface area (Å²) in [6.07, 6.45) is -0.613. The Kier molecular flexibility index (Phi) is 5.19. The van der Waals surface area contributed by atoms with Gasteiger partial charge in [0.15, 0.2) is 0 Å². The molecule has 25 heavy (non-hydrogen) atoms. The lowest BCUT2D eigenvalue weighted by atomic mass is 10.2. The molecule has 1 heterocycles. The molecule has 5 nitrogen and oxygen atoms in total. The van der Waals surface area contributed by atoms with Crippen molar-refractivity contribution in [3.8, 4) is 5.75 Å². The minimum absolute atomic E-state index is 0.156. The van der Waals surface area contributed by atoms with E-state index in [1.54, 1.807) is 11.3 Å². The number of benzene rings is 2. The van der Waals surface area contributed by atoms with Crippen LogP contribution in [0.15, 0.2) is 42.5 Å². The van der Waals surface area contributed by atoms with E-state index < -0.39 is 6.09 Å². The SMILES string of the molecule is Cc1cc(OCc2nc3ccccc3s2)ccc1NC(=O)OC(C)C. The van der Waals surface area contributed by atoms with E-state index >= 15 is 0 Å². The van der Waals surface area contributed by atoms with Crippen LogP contribution in [0.4, 0.5) is 10.5 Å². The third kappa shape index (κ3) is 4.48. The van der Waals surface area contributed by atoms with Crippen LogP contribution in [0.3, 0.4) is 0 Å². The minimum atomic E-state index is -0.457. The van der Waals surface area contributed by atoms with Gasteiger partial charge in [-0.15, -0.1) is 11.3 Å². The molecule has 0 radical (unpaired) electrons. The highest BCUT2D eigenvalue weighted by Gasteiger charge is 2.09. The van der Waals surface area contributed by atoms with E-state index in [1.165, 1.54) is 0 Å². The van der Waals surface area contributed by atoms with Crippen LogP contribution in [-0.2, 0) is 11.3 Å². The number of para-hydroxylation sites is 1. The predicted molar refractivity (Wildman–Crippen MR) is 100 cm³/mol. The Morgan fingerprint density at radius 3 is 2.76 bits per heavy atom. The first kappa shape index (κ1) is 17.2. The topological polar surface area (TPSA) is 60.5 Å². The number of nitrogens with one attached hydrogen (secondary N) is 1. The highest BCUT2D eigenvalue weighted by atomic mass is 32.1. The summed E-state index contributed by atoms with van der Waals surface area (Å²) in [4.78, 5) is 16.2. The summed E-state index contributed by atoms with van der Waals surface area (Å²) in [6.45, 7) is 5.95. The van der Waals surface area contributed by atoms with Crippen molar-refractivity contribution in [2.45, 2.75) is 33.5 Å². The highest BCUT2D eigenvalue weighted by molar-refractivity contribution is 7.18. The number of rotatable bonds is 5. The molecule has 130 valence electrons. The van der Waals surface area contributed by atoms with Crippen LogP contribution in [0, 0.1) is 6.92 Å². The second-order valence-electron chi connectivity index (χ2n) is 5.92. The van der Waals surface area contributed by atoms with Gasteiger partial charge in [-0.2, -0.15) is 0 Å². The van der Waals surface area contributed by atoms with Crippen molar-refractivity contribution in [2.24, 2.45) is 0 Å². The van der Waals surface area contributed by atoms with Crippen LogP contribution in [0.5, 0.6) is 5.75 Å². The second kappa shape index (κ2) is 7.53. The van der Waals surface area contributed by atoms with Crippen molar-refractivity contribution < 1.29 is 14.3 Å². The molecule has 3 aromatic rings. The molecular weight excluding hydrogens is 336 g/mol. The maximum Gasteiger partial charge on any atom is 0.411 e. The molecule has 0 fully saturated rings. The van der Waals surface area contributed by atoms with Gasteiger partial charge < -0.3 is 9.47 Å². The summed E-state index contributed by atoms with van der Waals surface area (Å²) in [5.74, 6) is 0.736. The zero-order chi connectivity index (χ0) is 17.8. The van der Waals surface area contributed by atoms with Crippen molar-refractivity contribution in [1.82, 2.24) is 4.98 Å². The molecule has 0 atom stereocenters. The maximum atomic E-state index is 11.7. The largest absolute Gasteiger partial charge is 0.486 e. The number of nitrogens with zero attached hydrogens (tertiary/aromatic N) is 1. The third-order valence-electron chi connectivity index (χ3n) is 3.48. The normalized spacial score (nSPS) is 10.9. The molecule has 0 bridgehead atoms. The lowest BCUT2D eigenvalue weighted by molar-refractivity contribution is 0.130. The van der Waals surface area contributed by atoms with E-state index in [4.69, 9.17) is 9.47 Å². The molecule has 2 aromatic carbocycles. The average Bonchev–Trinajstić information content (AvgIpc) is 2.97. The number of aryl methyl sites for hydroxylation is 1. The first-order valence-electron chi connectivity index (χ1n) is 8.07. The molecule has 6 heteroatoms. The smallest absolute Gasteiger partial charge is 0.411 e. The molecule has 0 aliphatic heterocycles. The van der Waals surface area contributed by atoms with Crippen LogP contribution < -0.4 is 10.1 Å². The van der Waals surface area contributed by atoms with Crippen molar-refractivity contribution in [2.75, 3.05) is 5.32 Å². The number of carbonyl (C=O) groups is 1. The first-order valence-corrected chi connectivity index (χ1v) is 8.88. The Hall–Kier alpha value is -2.60. The van der Waals surface area contributed by atoms with Gasteiger partial charge in [-0.05, 0) is 56.7 Å². The molecule has 1 aromatic heterocycles. The van der Waals surface area contributed by atoms with Gasteiger partial charge in [-0.25, -0.2) is 9.78 Å². The maximum absolute atomic E-state index is 11.7. The van der Waals surface area contributed by atoms with Crippen LogP contribution in [-0.4, -0.2) is 17.2 Å². The number of aromatic nitrogens is 1. The number of amides is 1. The van der Waals surface area contributed by atoms with Crippen molar-refractivity contribution in [1.29, 1.82) is 0 Å².